The molecular formula is C14H25N3O2S. The number of carbonyl (C=O) groups excluding carboxylic acids is 1. The number of amides is 2. The highest BCUT2D eigenvalue weighted by molar-refractivity contribution is 7.08. The number of carbonyl (C=O) groups is 1. The minimum atomic E-state index is -1.05. The fourth-order valence-corrected chi connectivity index (χ4v) is 2.23. The third kappa shape index (κ3) is 4.77. The summed E-state index contributed by atoms with van der Waals surface area (Å²) in [7, 11) is 3.95. The zero-order valence-electron chi connectivity index (χ0n) is 12.9. The molecule has 0 spiro atoms. The van der Waals surface area contributed by atoms with Crippen molar-refractivity contribution in [1.29, 1.82) is 0 Å². The van der Waals surface area contributed by atoms with Gasteiger partial charge in [-0.05, 0) is 57.3 Å². The van der Waals surface area contributed by atoms with Gasteiger partial charge in [0.15, 0.2) is 0 Å². The molecule has 0 saturated heterocycles. The highest BCUT2D eigenvalue weighted by Gasteiger charge is 2.25. The van der Waals surface area contributed by atoms with Crippen molar-refractivity contribution in [2.24, 2.45) is 0 Å². The van der Waals surface area contributed by atoms with Crippen molar-refractivity contribution in [1.82, 2.24) is 15.5 Å². The molecule has 0 radical (unpaired) electrons. The second kappa shape index (κ2) is 6.56. The number of hydrogen-bond acceptors (Lipinski definition) is 4. The van der Waals surface area contributed by atoms with Crippen LogP contribution in [0.3, 0.4) is 0 Å². The van der Waals surface area contributed by atoms with E-state index in [1.807, 2.05) is 30.9 Å². The molecule has 114 valence electrons. The van der Waals surface area contributed by atoms with Gasteiger partial charge in [-0.2, -0.15) is 11.3 Å². The lowest BCUT2D eigenvalue weighted by atomic mass is 9.99. The maximum absolute atomic E-state index is 11.8. The highest BCUT2D eigenvalue weighted by Crippen LogP contribution is 2.21. The molecule has 0 bridgehead atoms. The molecule has 1 unspecified atom stereocenters. The van der Waals surface area contributed by atoms with Crippen LogP contribution >= 0.6 is 11.3 Å². The molecule has 6 heteroatoms. The van der Waals surface area contributed by atoms with Gasteiger partial charge >= 0.3 is 6.03 Å². The average Bonchev–Trinajstić information content (AvgIpc) is 2.88. The lowest BCUT2D eigenvalue weighted by Gasteiger charge is -2.32. The number of aliphatic hydroxyl groups is 1. The van der Waals surface area contributed by atoms with Gasteiger partial charge in [0.1, 0.15) is 5.60 Å². The number of urea groups is 1. The van der Waals surface area contributed by atoms with Gasteiger partial charge in [-0.1, -0.05) is 0 Å². The summed E-state index contributed by atoms with van der Waals surface area (Å²) in [5, 5.41) is 19.6. The normalized spacial score (nSPS) is 14.9. The van der Waals surface area contributed by atoms with E-state index < -0.39 is 5.60 Å². The van der Waals surface area contributed by atoms with Crippen LogP contribution < -0.4 is 10.6 Å². The van der Waals surface area contributed by atoms with Gasteiger partial charge in [0.25, 0.3) is 0 Å². The predicted octanol–water partition coefficient (Wildman–Crippen LogP) is 1.60. The van der Waals surface area contributed by atoms with Crippen molar-refractivity contribution >= 4 is 17.4 Å². The van der Waals surface area contributed by atoms with E-state index in [2.05, 4.69) is 29.4 Å². The first-order valence-corrected chi connectivity index (χ1v) is 7.53. The van der Waals surface area contributed by atoms with Crippen molar-refractivity contribution in [3.63, 3.8) is 0 Å². The Morgan fingerprint density at radius 1 is 1.30 bits per heavy atom. The summed E-state index contributed by atoms with van der Waals surface area (Å²) in [6.45, 7) is 6.51. The average molecular weight is 299 g/mol. The van der Waals surface area contributed by atoms with Gasteiger partial charge in [0.2, 0.25) is 0 Å². The minimum Gasteiger partial charge on any atom is -0.384 e. The SMILES string of the molecule is CN(C)C(C)(C)CNC(=O)NCC(C)(O)c1ccsc1. The Bertz CT molecular complexity index is 428. The van der Waals surface area contributed by atoms with E-state index in [1.54, 1.807) is 6.92 Å². The van der Waals surface area contributed by atoms with Crippen LogP contribution in [-0.2, 0) is 5.60 Å². The van der Waals surface area contributed by atoms with Crippen molar-refractivity contribution in [2.45, 2.75) is 31.9 Å². The lowest BCUT2D eigenvalue weighted by Crippen LogP contribution is -2.51. The third-order valence-electron chi connectivity index (χ3n) is 3.63. The summed E-state index contributed by atoms with van der Waals surface area (Å²) in [5.41, 5.74) is -0.349. The molecular weight excluding hydrogens is 274 g/mol. The Kier molecular flexibility index (Phi) is 5.56. The summed E-state index contributed by atoms with van der Waals surface area (Å²) >= 11 is 1.52. The Hall–Kier alpha value is -1.11. The van der Waals surface area contributed by atoms with Crippen LogP contribution in [0.5, 0.6) is 0 Å². The lowest BCUT2D eigenvalue weighted by molar-refractivity contribution is 0.0596. The number of nitrogens with one attached hydrogen (secondary N) is 2. The molecule has 3 N–H and O–H groups in total. The summed E-state index contributed by atoms with van der Waals surface area (Å²) in [6.07, 6.45) is 0. The van der Waals surface area contributed by atoms with E-state index >= 15 is 0 Å². The molecule has 0 aromatic carbocycles. The Morgan fingerprint density at radius 2 is 1.90 bits per heavy atom. The van der Waals surface area contributed by atoms with E-state index in [0.29, 0.717) is 6.54 Å². The van der Waals surface area contributed by atoms with Gasteiger partial charge in [-0.15, -0.1) is 0 Å². The monoisotopic (exact) mass is 299 g/mol. The quantitative estimate of drug-likeness (QED) is 0.747. The molecule has 0 aliphatic carbocycles. The highest BCUT2D eigenvalue weighted by atomic mass is 32.1. The summed E-state index contributed by atoms with van der Waals surface area (Å²) in [6, 6.07) is 1.59. The summed E-state index contributed by atoms with van der Waals surface area (Å²) < 4.78 is 0. The fourth-order valence-electron chi connectivity index (χ4n) is 1.44. The third-order valence-corrected chi connectivity index (χ3v) is 4.31. The van der Waals surface area contributed by atoms with Crippen molar-refractivity contribution in [3.8, 4) is 0 Å². The number of nitrogens with zero attached hydrogens (tertiary/aromatic N) is 1. The van der Waals surface area contributed by atoms with E-state index in [0.717, 1.165) is 5.56 Å². The maximum Gasteiger partial charge on any atom is 0.314 e. The first-order chi connectivity index (χ1) is 9.15. The molecule has 20 heavy (non-hydrogen) atoms. The van der Waals surface area contributed by atoms with Crippen LogP contribution in [0.15, 0.2) is 16.8 Å². The smallest absolute Gasteiger partial charge is 0.314 e. The van der Waals surface area contributed by atoms with Crippen LogP contribution in [0.4, 0.5) is 4.79 Å². The number of rotatable bonds is 6. The molecule has 1 atom stereocenters. The fraction of sp³-hybridized carbons (Fsp3) is 0.643. The minimum absolute atomic E-state index is 0.118. The van der Waals surface area contributed by atoms with Gasteiger partial charge in [-0.25, -0.2) is 4.79 Å². The van der Waals surface area contributed by atoms with Crippen molar-refractivity contribution in [2.75, 3.05) is 27.2 Å². The van der Waals surface area contributed by atoms with Crippen LogP contribution in [0, 0.1) is 0 Å². The van der Waals surface area contributed by atoms with Gasteiger partial charge in [-0.3, -0.25) is 0 Å². The van der Waals surface area contributed by atoms with E-state index in [9.17, 15) is 9.90 Å². The summed E-state index contributed by atoms with van der Waals surface area (Å²) in [5.74, 6) is 0. The molecule has 5 nitrogen and oxygen atoms in total. The van der Waals surface area contributed by atoms with Crippen LogP contribution in [0.25, 0.3) is 0 Å². The van der Waals surface area contributed by atoms with E-state index in [-0.39, 0.29) is 18.1 Å². The van der Waals surface area contributed by atoms with Crippen LogP contribution in [0.2, 0.25) is 0 Å². The Morgan fingerprint density at radius 3 is 2.40 bits per heavy atom. The second-order valence-corrected chi connectivity index (χ2v) is 6.81. The zero-order valence-corrected chi connectivity index (χ0v) is 13.7. The standard InChI is InChI=1S/C14H25N3O2S/c1-13(2,17(4)5)9-15-12(18)16-10-14(3,19)11-6-7-20-8-11/h6-8,19H,9-10H2,1-5H3,(H2,15,16,18). The zero-order chi connectivity index (χ0) is 15.4. The van der Waals surface area contributed by atoms with Gasteiger partial charge in [0.05, 0.1) is 6.54 Å². The van der Waals surface area contributed by atoms with Crippen molar-refractivity contribution in [3.05, 3.63) is 22.4 Å². The summed E-state index contributed by atoms with van der Waals surface area (Å²) in [4.78, 5) is 13.8. The molecule has 2 amide bonds. The predicted molar refractivity (Wildman–Crippen MR) is 83.1 cm³/mol. The Labute approximate surface area is 125 Å². The van der Waals surface area contributed by atoms with Gasteiger partial charge < -0.3 is 20.6 Å². The molecule has 0 aliphatic heterocycles. The first kappa shape index (κ1) is 16.9. The molecule has 0 saturated carbocycles. The van der Waals surface area contributed by atoms with Crippen LogP contribution in [-0.4, -0.2) is 48.8 Å². The van der Waals surface area contributed by atoms with E-state index in [1.165, 1.54) is 11.3 Å². The number of hydrogen-bond donors (Lipinski definition) is 3. The van der Waals surface area contributed by atoms with E-state index in [4.69, 9.17) is 0 Å². The molecule has 1 aromatic rings. The molecule has 1 aromatic heterocycles. The van der Waals surface area contributed by atoms with Crippen molar-refractivity contribution < 1.29 is 9.90 Å². The largest absolute Gasteiger partial charge is 0.384 e. The van der Waals surface area contributed by atoms with Gasteiger partial charge in [0, 0.05) is 12.1 Å². The molecule has 0 fully saturated rings. The maximum atomic E-state index is 11.8. The molecule has 0 aliphatic rings. The number of thiophene rings is 1. The molecule has 1 rings (SSSR count). The molecule has 1 heterocycles. The number of likely N-dealkylation sites (N-methyl/N-ethyl adjacent to an activating group) is 1. The van der Waals surface area contributed by atoms with Crippen LogP contribution in [0.1, 0.15) is 26.3 Å². The Balaban J connectivity index is 2.41. The topological polar surface area (TPSA) is 64.6 Å². The second-order valence-electron chi connectivity index (χ2n) is 6.03. The first-order valence-electron chi connectivity index (χ1n) is 6.59.